The van der Waals surface area contributed by atoms with Crippen LogP contribution in [-0.2, 0) is 24.3 Å². The number of amides is 2. The molecule has 6 rings (SSSR count). The van der Waals surface area contributed by atoms with Crippen LogP contribution in [0.2, 0.25) is 0 Å². The number of aryl methyl sites for hydroxylation is 1. The number of nitrogens with zero attached hydrogens (tertiary/aromatic N) is 12. The van der Waals surface area contributed by atoms with E-state index < -0.39 is 12.1 Å². The second-order valence-electron chi connectivity index (χ2n) is 12.7. The summed E-state index contributed by atoms with van der Waals surface area (Å²) in [6, 6.07) is 13.5. The van der Waals surface area contributed by atoms with E-state index in [4.69, 9.17) is 14.9 Å². The van der Waals surface area contributed by atoms with Gasteiger partial charge in [-0.1, -0.05) is 41.7 Å². The van der Waals surface area contributed by atoms with Crippen molar-refractivity contribution in [1.82, 2.24) is 60.1 Å². The van der Waals surface area contributed by atoms with Gasteiger partial charge in [0.15, 0.2) is 0 Å². The first kappa shape index (κ1) is 39.4. The first-order valence-electron chi connectivity index (χ1n) is 17.3. The van der Waals surface area contributed by atoms with E-state index in [9.17, 15) is 14.4 Å². The predicted octanol–water partition coefficient (Wildman–Crippen LogP) is 3.36. The molecule has 284 valence electrons. The van der Waals surface area contributed by atoms with Crippen molar-refractivity contribution in [3.8, 4) is 5.75 Å². The maximum absolute atomic E-state index is 12.6. The Bertz CT molecular complexity index is 1740. The Morgan fingerprint density at radius 3 is 1.92 bits per heavy atom. The van der Waals surface area contributed by atoms with E-state index >= 15 is 0 Å². The summed E-state index contributed by atoms with van der Waals surface area (Å²) in [6.45, 7) is 4.20. The quantitative estimate of drug-likeness (QED) is 0.200. The highest BCUT2D eigenvalue weighted by molar-refractivity contribution is 8.00. The molecule has 0 saturated carbocycles. The fourth-order valence-electron chi connectivity index (χ4n) is 5.51. The molecule has 2 N–H and O–H groups in total. The molecule has 5 heterocycles. The van der Waals surface area contributed by atoms with Gasteiger partial charge in [-0.3, -0.25) is 9.78 Å². The average Bonchev–Trinajstić information content (AvgIpc) is 3.80. The molecule has 2 aliphatic heterocycles. The van der Waals surface area contributed by atoms with Crippen LogP contribution in [0.4, 0.5) is 9.59 Å². The maximum atomic E-state index is 12.6. The van der Waals surface area contributed by atoms with Gasteiger partial charge < -0.3 is 29.6 Å². The second-order valence-corrected chi connectivity index (χ2v) is 15.3. The summed E-state index contributed by atoms with van der Waals surface area (Å²) in [5, 5.41) is 42.9. The lowest BCUT2D eigenvalue weighted by atomic mass is 10.1. The SMILES string of the molecule is CN(C)CCn1nnnc1SC1CCN(C(=O)Oc2ccc(Cc3ccccn3)cc2)CC1.O=C(O)CCn1nnnc1SC1CCN(C(=O)O)CC1. The number of tetrazole rings is 2. The number of carbonyl (C=O) groups is 3. The summed E-state index contributed by atoms with van der Waals surface area (Å²) >= 11 is 3.17. The minimum absolute atomic E-state index is 0.0317. The molecule has 2 fully saturated rings. The van der Waals surface area contributed by atoms with Crippen LogP contribution < -0.4 is 4.74 Å². The number of aromatic nitrogens is 9. The highest BCUT2D eigenvalue weighted by Gasteiger charge is 2.27. The standard InChI is InChI=1S/C23H29N7O2S.C10H15N5O4S/c1-28(2)15-16-30-22(25-26-27-30)33-21-10-13-29(14-11-21)23(31)32-20-8-6-18(7-9-20)17-19-5-3-4-12-24-19;16-8(17)3-6-15-9(11-12-13-15)20-7-1-4-14(5-2-7)10(18)19/h3-9,12,21H,10-11,13-17H2,1-2H3;7H,1-6H2,(H,16,17)(H,18,19). The number of likely N-dealkylation sites (N-methyl/N-ethyl adjacent to an activating group) is 1. The summed E-state index contributed by atoms with van der Waals surface area (Å²) < 4.78 is 8.92. The Kier molecular flexibility index (Phi) is 14.8. The monoisotopic (exact) mass is 768 g/mol. The Morgan fingerprint density at radius 2 is 1.40 bits per heavy atom. The van der Waals surface area contributed by atoms with Gasteiger partial charge in [0, 0.05) is 61.5 Å². The van der Waals surface area contributed by atoms with Crippen LogP contribution in [0.15, 0.2) is 59.0 Å². The molecule has 1 aromatic carbocycles. The molecular formula is C33H44N12O6S2. The molecule has 0 unspecified atom stereocenters. The molecule has 0 bridgehead atoms. The number of thioether (sulfide) groups is 2. The number of benzene rings is 1. The number of piperidine rings is 2. The molecule has 4 aromatic rings. The molecule has 18 nitrogen and oxygen atoms in total. The Labute approximate surface area is 315 Å². The Morgan fingerprint density at radius 1 is 0.811 bits per heavy atom. The van der Waals surface area contributed by atoms with Gasteiger partial charge in [-0.2, -0.15) is 0 Å². The summed E-state index contributed by atoms with van der Waals surface area (Å²) in [5.41, 5.74) is 2.13. The molecule has 0 aliphatic carbocycles. The summed E-state index contributed by atoms with van der Waals surface area (Å²) in [6.07, 6.45) is 4.55. The highest BCUT2D eigenvalue weighted by atomic mass is 32.2. The molecule has 0 radical (unpaired) electrons. The van der Waals surface area contributed by atoms with Crippen LogP contribution in [0.5, 0.6) is 5.75 Å². The summed E-state index contributed by atoms with van der Waals surface area (Å²) in [4.78, 5) is 43.6. The Balaban J connectivity index is 0.000000231. The van der Waals surface area contributed by atoms with Gasteiger partial charge in [0.2, 0.25) is 10.3 Å². The lowest BCUT2D eigenvalue weighted by Gasteiger charge is -2.30. The van der Waals surface area contributed by atoms with Crippen LogP contribution >= 0.6 is 23.5 Å². The van der Waals surface area contributed by atoms with Crippen molar-refractivity contribution in [2.75, 3.05) is 46.8 Å². The van der Waals surface area contributed by atoms with E-state index in [0.717, 1.165) is 61.6 Å². The van der Waals surface area contributed by atoms with Crippen LogP contribution in [0.1, 0.15) is 43.4 Å². The first-order valence-corrected chi connectivity index (χ1v) is 19.0. The number of pyridine rings is 1. The van der Waals surface area contributed by atoms with Gasteiger partial charge in [0.1, 0.15) is 5.75 Å². The number of carbonyl (C=O) groups excluding carboxylic acids is 1. The lowest BCUT2D eigenvalue weighted by Crippen LogP contribution is -2.41. The zero-order chi connectivity index (χ0) is 37.6. The van der Waals surface area contributed by atoms with Gasteiger partial charge in [0.05, 0.1) is 19.5 Å². The van der Waals surface area contributed by atoms with Crippen molar-refractivity contribution in [2.24, 2.45) is 0 Å². The van der Waals surface area contributed by atoms with Gasteiger partial charge >= 0.3 is 18.2 Å². The molecule has 20 heteroatoms. The van der Waals surface area contributed by atoms with Crippen LogP contribution in [-0.4, -0.2) is 146 Å². The summed E-state index contributed by atoms with van der Waals surface area (Å²) in [5.74, 6) is -0.340. The number of carboxylic acid groups (broad SMARTS) is 2. The first-order chi connectivity index (χ1) is 25.6. The normalized spacial score (nSPS) is 15.2. The van der Waals surface area contributed by atoms with Gasteiger partial charge in [-0.15, -0.1) is 10.2 Å². The third kappa shape index (κ3) is 12.7. The number of hydrogen-bond donors (Lipinski definition) is 2. The maximum Gasteiger partial charge on any atom is 0.415 e. The van der Waals surface area contributed by atoms with E-state index in [1.54, 1.807) is 22.9 Å². The fourth-order valence-corrected chi connectivity index (χ4v) is 7.67. The molecule has 2 amide bonds. The minimum atomic E-state index is -0.897. The number of likely N-dealkylation sites (tertiary alicyclic amines) is 2. The van der Waals surface area contributed by atoms with Crippen LogP contribution in [0.25, 0.3) is 0 Å². The van der Waals surface area contributed by atoms with E-state index in [-0.39, 0.29) is 24.3 Å². The minimum Gasteiger partial charge on any atom is -0.481 e. The number of rotatable bonds is 13. The van der Waals surface area contributed by atoms with E-state index in [2.05, 4.69) is 40.9 Å². The number of aliphatic carboxylic acids is 1. The zero-order valence-corrected chi connectivity index (χ0v) is 31.3. The average molecular weight is 769 g/mol. The van der Waals surface area contributed by atoms with Crippen LogP contribution in [0, 0.1) is 0 Å². The van der Waals surface area contributed by atoms with Crippen molar-refractivity contribution in [1.29, 1.82) is 0 Å². The third-order valence-electron chi connectivity index (χ3n) is 8.49. The van der Waals surface area contributed by atoms with E-state index in [1.807, 2.05) is 61.2 Å². The fraction of sp³-hybridized carbons (Fsp3) is 0.515. The molecule has 53 heavy (non-hydrogen) atoms. The number of hydrogen-bond acceptors (Lipinski definition) is 14. The molecule has 0 spiro atoms. The highest BCUT2D eigenvalue weighted by Crippen LogP contribution is 2.30. The second kappa shape index (κ2) is 19.9. The van der Waals surface area contributed by atoms with Crippen molar-refractivity contribution in [2.45, 2.75) is 72.4 Å². The zero-order valence-electron chi connectivity index (χ0n) is 29.7. The molecular weight excluding hydrogens is 725 g/mol. The molecule has 2 saturated heterocycles. The molecule has 2 aliphatic rings. The van der Waals surface area contributed by atoms with Crippen molar-refractivity contribution < 1.29 is 29.3 Å². The van der Waals surface area contributed by atoms with Crippen molar-refractivity contribution in [3.63, 3.8) is 0 Å². The number of carboxylic acids is 1. The topological polar surface area (TPSA) is 211 Å². The molecule has 3 aromatic heterocycles. The van der Waals surface area contributed by atoms with Crippen molar-refractivity contribution in [3.05, 3.63) is 59.9 Å². The van der Waals surface area contributed by atoms with Gasteiger partial charge in [0.25, 0.3) is 0 Å². The van der Waals surface area contributed by atoms with Gasteiger partial charge in [-0.25, -0.2) is 19.0 Å². The lowest BCUT2D eigenvalue weighted by molar-refractivity contribution is -0.137. The number of ether oxygens (including phenoxy) is 1. The van der Waals surface area contributed by atoms with Crippen LogP contribution in [0.3, 0.4) is 0 Å². The van der Waals surface area contributed by atoms with Crippen molar-refractivity contribution >= 4 is 41.7 Å². The molecule has 0 atom stereocenters. The van der Waals surface area contributed by atoms with Gasteiger partial charge in [-0.05, 0) is 90.5 Å². The smallest absolute Gasteiger partial charge is 0.415 e. The summed E-state index contributed by atoms with van der Waals surface area (Å²) in [7, 11) is 4.06. The third-order valence-corrected chi connectivity index (χ3v) is 11.1. The largest absolute Gasteiger partial charge is 0.481 e. The van der Waals surface area contributed by atoms with E-state index in [1.165, 1.54) is 21.3 Å². The van der Waals surface area contributed by atoms with E-state index in [0.29, 0.717) is 42.3 Å². The Hall–Kier alpha value is -4.82. The predicted molar refractivity (Wildman–Crippen MR) is 195 cm³/mol.